The Bertz CT molecular complexity index is 742. The first-order valence-corrected chi connectivity index (χ1v) is 9.51. The van der Waals surface area contributed by atoms with Gasteiger partial charge in [0.25, 0.3) is 5.91 Å². The molecule has 1 atom stereocenters. The molecule has 7 heteroatoms. The summed E-state index contributed by atoms with van der Waals surface area (Å²) < 4.78 is 5.61. The van der Waals surface area contributed by atoms with E-state index in [1.54, 1.807) is 14.0 Å². The summed E-state index contributed by atoms with van der Waals surface area (Å²) in [5.41, 5.74) is 0.0815. The number of likely N-dealkylation sites (N-methyl/N-ethyl adjacent to an activating group) is 1. The van der Waals surface area contributed by atoms with Crippen molar-refractivity contribution in [1.29, 1.82) is 0 Å². The highest BCUT2D eigenvalue weighted by atomic mass is 16.5. The number of imide groups is 1. The molecular formula is C20H27N3O4. The van der Waals surface area contributed by atoms with E-state index in [0.29, 0.717) is 26.0 Å². The molecule has 1 aromatic rings. The van der Waals surface area contributed by atoms with Crippen molar-refractivity contribution in [2.24, 2.45) is 0 Å². The number of nitrogens with zero attached hydrogens (tertiary/aromatic N) is 2. The van der Waals surface area contributed by atoms with E-state index in [4.69, 9.17) is 4.74 Å². The molecule has 1 N–H and O–H groups in total. The van der Waals surface area contributed by atoms with Crippen molar-refractivity contribution in [3.8, 4) is 5.75 Å². The average molecular weight is 373 g/mol. The van der Waals surface area contributed by atoms with Gasteiger partial charge in [0.1, 0.15) is 17.3 Å². The molecule has 0 aromatic heterocycles. The van der Waals surface area contributed by atoms with Gasteiger partial charge in [0, 0.05) is 19.2 Å². The lowest BCUT2D eigenvalue weighted by Crippen LogP contribution is -2.50. The Morgan fingerprint density at radius 3 is 2.63 bits per heavy atom. The second-order valence-corrected chi connectivity index (χ2v) is 7.31. The molecule has 2 fully saturated rings. The largest absolute Gasteiger partial charge is 0.494 e. The topological polar surface area (TPSA) is 79.0 Å². The van der Waals surface area contributed by atoms with E-state index in [1.807, 2.05) is 31.2 Å². The minimum atomic E-state index is -0.846. The molecule has 146 valence electrons. The monoisotopic (exact) mass is 373 g/mol. The van der Waals surface area contributed by atoms with Crippen LogP contribution in [0.25, 0.3) is 0 Å². The van der Waals surface area contributed by atoms with Gasteiger partial charge in [-0.1, -0.05) is 31.0 Å². The van der Waals surface area contributed by atoms with Crippen molar-refractivity contribution in [2.45, 2.75) is 57.7 Å². The Hall–Kier alpha value is -2.57. The van der Waals surface area contributed by atoms with Crippen LogP contribution in [0.3, 0.4) is 0 Å². The first-order chi connectivity index (χ1) is 12.9. The van der Waals surface area contributed by atoms with Crippen molar-refractivity contribution in [3.05, 3.63) is 29.8 Å². The number of carbonyl (C=O) groups excluding carboxylic acids is 3. The first-order valence-electron chi connectivity index (χ1n) is 9.51. The Balaban J connectivity index is 1.72. The fourth-order valence-corrected chi connectivity index (χ4v) is 4.00. The standard InChI is InChI=1S/C20H27N3O4/c1-4-27-16-10-6-5-9-15(16)13-22(3)17(24)14(2)23-18(25)20(21-19(23)26)11-7-8-12-20/h5-6,9-10,14H,4,7-8,11-13H2,1-3H3,(H,21,26). The summed E-state index contributed by atoms with van der Waals surface area (Å²) in [7, 11) is 1.67. The predicted octanol–water partition coefficient (Wildman–Crippen LogP) is 2.30. The number of urea groups is 1. The lowest BCUT2D eigenvalue weighted by atomic mass is 9.97. The SMILES string of the molecule is CCOc1ccccc1CN(C)C(=O)C(C)N1C(=O)NC2(CCCC2)C1=O. The van der Waals surface area contributed by atoms with Crippen molar-refractivity contribution in [2.75, 3.05) is 13.7 Å². The molecule has 1 unspecified atom stereocenters. The molecule has 1 aromatic carbocycles. The summed E-state index contributed by atoms with van der Waals surface area (Å²) in [5.74, 6) is 0.181. The van der Waals surface area contributed by atoms with E-state index in [-0.39, 0.29) is 11.8 Å². The smallest absolute Gasteiger partial charge is 0.325 e. The zero-order chi connectivity index (χ0) is 19.6. The van der Waals surface area contributed by atoms with Gasteiger partial charge < -0.3 is 15.0 Å². The quantitative estimate of drug-likeness (QED) is 0.776. The van der Waals surface area contributed by atoms with Gasteiger partial charge in [-0.25, -0.2) is 9.69 Å². The molecule has 27 heavy (non-hydrogen) atoms. The van der Waals surface area contributed by atoms with Crippen LogP contribution in [0.15, 0.2) is 24.3 Å². The molecule has 1 aliphatic carbocycles. The van der Waals surface area contributed by atoms with Crippen molar-refractivity contribution in [1.82, 2.24) is 15.1 Å². The summed E-state index contributed by atoms with van der Waals surface area (Å²) in [4.78, 5) is 40.8. The number of benzene rings is 1. The van der Waals surface area contributed by atoms with Crippen LogP contribution in [-0.4, -0.2) is 52.9 Å². The molecular weight excluding hydrogens is 346 g/mol. The third-order valence-electron chi connectivity index (χ3n) is 5.45. The van der Waals surface area contributed by atoms with Crippen LogP contribution in [-0.2, 0) is 16.1 Å². The highest BCUT2D eigenvalue weighted by Crippen LogP contribution is 2.36. The molecule has 3 rings (SSSR count). The first kappa shape index (κ1) is 19.2. The fourth-order valence-electron chi connectivity index (χ4n) is 4.00. The van der Waals surface area contributed by atoms with Crippen LogP contribution in [0.4, 0.5) is 4.79 Å². The van der Waals surface area contributed by atoms with E-state index >= 15 is 0 Å². The predicted molar refractivity (Wildman–Crippen MR) is 100 cm³/mol. The zero-order valence-corrected chi connectivity index (χ0v) is 16.2. The normalized spacial score (nSPS) is 19.3. The van der Waals surface area contributed by atoms with E-state index in [9.17, 15) is 14.4 Å². The van der Waals surface area contributed by atoms with Gasteiger partial charge in [0.2, 0.25) is 5.91 Å². The van der Waals surface area contributed by atoms with Crippen molar-refractivity contribution >= 4 is 17.8 Å². The van der Waals surface area contributed by atoms with E-state index in [2.05, 4.69) is 5.32 Å². The highest BCUT2D eigenvalue weighted by Gasteiger charge is 2.54. The van der Waals surface area contributed by atoms with Crippen LogP contribution >= 0.6 is 0 Å². The number of hydrogen-bond donors (Lipinski definition) is 1. The van der Waals surface area contributed by atoms with Gasteiger partial charge in [-0.15, -0.1) is 0 Å². The third kappa shape index (κ3) is 3.50. The maximum atomic E-state index is 12.9. The number of para-hydroxylation sites is 1. The molecule has 4 amide bonds. The van der Waals surface area contributed by atoms with Crippen LogP contribution in [0.1, 0.15) is 45.1 Å². The Morgan fingerprint density at radius 2 is 1.96 bits per heavy atom. The molecule has 2 aliphatic rings. The van der Waals surface area contributed by atoms with Gasteiger partial charge in [-0.3, -0.25) is 9.59 Å². The Kier molecular flexibility index (Phi) is 5.39. The number of hydrogen-bond acceptors (Lipinski definition) is 4. The summed E-state index contributed by atoms with van der Waals surface area (Å²) in [6.45, 7) is 4.40. The molecule has 1 aliphatic heterocycles. The minimum absolute atomic E-state index is 0.269. The lowest BCUT2D eigenvalue weighted by molar-refractivity contribution is -0.142. The molecule has 7 nitrogen and oxygen atoms in total. The fraction of sp³-hybridized carbons (Fsp3) is 0.550. The molecule has 1 heterocycles. The summed E-state index contributed by atoms with van der Waals surface area (Å²) in [6.07, 6.45) is 3.12. The van der Waals surface area contributed by atoms with Gasteiger partial charge in [0.05, 0.1) is 6.61 Å². The van der Waals surface area contributed by atoms with Crippen molar-refractivity contribution in [3.63, 3.8) is 0 Å². The van der Waals surface area contributed by atoms with Gasteiger partial charge in [-0.05, 0) is 32.8 Å². The number of amides is 4. The number of nitrogens with one attached hydrogen (secondary N) is 1. The molecule has 0 bridgehead atoms. The van der Waals surface area contributed by atoms with Crippen LogP contribution in [0, 0.1) is 0 Å². The van der Waals surface area contributed by atoms with E-state index in [1.165, 1.54) is 4.90 Å². The number of rotatable bonds is 6. The lowest BCUT2D eigenvalue weighted by Gasteiger charge is -2.27. The maximum absolute atomic E-state index is 12.9. The molecule has 1 saturated carbocycles. The van der Waals surface area contributed by atoms with Crippen LogP contribution < -0.4 is 10.1 Å². The second kappa shape index (κ2) is 7.58. The maximum Gasteiger partial charge on any atom is 0.325 e. The van der Waals surface area contributed by atoms with Crippen LogP contribution in [0.2, 0.25) is 0 Å². The van der Waals surface area contributed by atoms with E-state index < -0.39 is 17.6 Å². The van der Waals surface area contributed by atoms with Crippen molar-refractivity contribution < 1.29 is 19.1 Å². The number of carbonyl (C=O) groups is 3. The van der Waals surface area contributed by atoms with Gasteiger partial charge in [0.15, 0.2) is 0 Å². The minimum Gasteiger partial charge on any atom is -0.494 e. The average Bonchev–Trinajstić information content (AvgIpc) is 3.21. The summed E-state index contributed by atoms with van der Waals surface area (Å²) in [5, 5.41) is 2.83. The Morgan fingerprint density at radius 1 is 1.30 bits per heavy atom. The van der Waals surface area contributed by atoms with E-state index in [0.717, 1.165) is 29.1 Å². The molecule has 1 spiro atoms. The molecule has 0 radical (unpaired) electrons. The molecule has 1 saturated heterocycles. The Labute approximate surface area is 159 Å². The number of ether oxygens (including phenoxy) is 1. The highest BCUT2D eigenvalue weighted by molar-refractivity contribution is 6.09. The van der Waals surface area contributed by atoms with Gasteiger partial charge >= 0.3 is 6.03 Å². The third-order valence-corrected chi connectivity index (χ3v) is 5.45. The van der Waals surface area contributed by atoms with Crippen LogP contribution in [0.5, 0.6) is 5.75 Å². The van der Waals surface area contributed by atoms with Gasteiger partial charge in [-0.2, -0.15) is 0 Å². The summed E-state index contributed by atoms with van der Waals surface area (Å²) in [6, 6.07) is 6.23. The second-order valence-electron chi connectivity index (χ2n) is 7.31. The summed E-state index contributed by atoms with van der Waals surface area (Å²) >= 11 is 0. The zero-order valence-electron chi connectivity index (χ0n) is 16.2.